The fraction of sp³-hybridized carbons (Fsp3) is 0.677. The number of rotatable bonds is 8. The second-order valence-electron chi connectivity index (χ2n) is 11.4. The van der Waals surface area contributed by atoms with Gasteiger partial charge in [0.15, 0.2) is 0 Å². The number of fused-ring (bicyclic) bond motifs is 1. The van der Waals surface area contributed by atoms with Gasteiger partial charge in [-0.15, -0.1) is 0 Å². The van der Waals surface area contributed by atoms with Crippen LogP contribution in [0.3, 0.4) is 0 Å². The summed E-state index contributed by atoms with van der Waals surface area (Å²) in [6, 6.07) is 0. The zero-order valence-corrected chi connectivity index (χ0v) is 22.3. The summed E-state index contributed by atoms with van der Waals surface area (Å²) in [4.78, 5) is 0. The van der Waals surface area contributed by atoms with E-state index in [9.17, 15) is 15.3 Å². The van der Waals surface area contributed by atoms with Crippen molar-refractivity contribution in [3.8, 4) is 0 Å². The molecule has 0 amide bonds. The third kappa shape index (κ3) is 6.46. The number of hydrogen-bond acceptors (Lipinski definition) is 4. The van der Waals surface area contributed by atoms with Gasteiger partial charge in [0.25, 0.3) is 0 Å². The van der Waals surface area contributed by atoms with Gasteiger partial charge in [-0.05, 0) is 86.5 Å². The van der Waals surface area contributed by atoms with Crippen LogP contribution >= 0.6 is 0 Å². The average molecular weight is 485 g/mol. The Morgan fingerprint density at radius 3 is 2.37 bits per heavy atom. The van der Waals surface area contributed by atoms with Crippen LogP contribution in [-0.4, -0.2) is 44.8 Å². The summed E-state index contributed by atoms with van der Waals surface area (Å²) < 4.78 is 0. The Labute approximate surface area is 212 Å². The normalized spacial score (nSPS) is 34.1. The molecule has 0 saturated heterocycles. The summed E-state index contributed by atoms with van der Waals surface area (Å²) in [7, 11) is 0. The Morgan fingerprint density at radius 2 is 1.74 bits per heavy atom. The first-order valence-electron chi connectivity index (χ1n) is 13.8. The van der Waals surface area contributed by atoms with Gasteiger partial charge in [0, 0.05) is 0 Å². The van der Waals surface area contributed by atoms with Crippen molar-refractivity contribution in [2.24, 2.45) is 23.2 Å². The Kier molecular flexibility index (Phi) is 9.79. The average Bonchev–Trinajstić information content (AvgIpc) is 3.20. The van der Waals surface area contributed by atoms with Crippen LogP contribution in [0.15, 0.2) is 59.3 Å². The molecule has 3 aliphatic rings. The van der Waals surface area contributed by atoms with Gasteiger partial charge in [-0.2, -0.15) is 0 Å². The van der Waals surface area contributed by atoms with Gasteiger partial charge >= 0.3 is 0 Å². The summed E-state index contributed by atoms with van der Waals surface area (Å²) in [6.45, 7) is 8.72. The Morgan fingerprint density at radius 1 is 1.06 bits per heavy atom. The molecule has 4 nitrogen and oxygen atoms in total. The molecule has 4 heteroatoms. The predicted octanol–water partition coefficient (Wildman–Crippen LogP) is 5.79. The maximum absolute atomic E-state index is 10.5. The first kappa shape index (κ1) is 28.1. The fourth-order valence-electron chi connectivity index (χ4n) is 7.01. The highest BCUT2D eigenvalue weighted by Gasteiger charge is 2.50. The van der Waals surface area contributed by atoms with Gasteiger partial charge in [0.1, 0.15) is 0 Å². The third-order valence-electron chi connectivity index (χ3n) is 9.37. The largest absolute Gasteiger partial charge is 0.392 e. The van der Waals surface area contributed by atoms with Crippen LogP contribution in [0.25, 0.3) is 0 Å². The van der Waals surface area contributed by atoms with Crippen molar-refractivity contribution >= 4 is 0 Å². The van der Waals surface area contributed by atoms with Gasteiger partial charge in [0.05, 0.1) is 24.4 Å². The summed E-state index contributed by atoms with van der Waals surface area (Å²) in [5.41, 5.74) is 2.76. The number of allylic oxidation sites excluding steroid dienone is 6. The smallest absolute Gasteiger partial charge is 0.0825 e. The quantitative estimate of drug-likeness (QED) is 0.260. The third-order valence-corrected chi connectivity index (χ3v) is 9.37. The van der Waals surface area contributed by atoms with Gasteiger partial charge in [-0.25, -0.2) is 0 Å². The van der Waals surface area contributed by atoms with Crippen LogP contribution in [0.2, 0.25) is 0 Å². The highest BCUT2D eigenvalue weighted by Crippen LogP contribution is 2.59. The van der Waals surface area contributed by atoms with Crippen molar-refractivity contribution in [2.75, 3.05) is 6.61 Å². The molecule has 196 valence electrons. The molecule has 0 aromatic carbocycles. The van der Waals surface area contributed by atoms with E-state index < -0.39 is 17.8 Å². The molecule has 0 aliphatic heterocycles. The molecule has 6 atom stereocenters. The van der Waals surface area contributed by atoms with Gasteiger partial charge in [0.2, 0.25) is 0 Å². The van der Waals surface area contributed by atoms with Crippen molar-refractivity contribution < 1.29 is 20.4 Å². The summed E-state index contributed by atoms with van der Waals surface area (Å²) in [5.74, 6) is 1.73. The van der Waals surface area contributed by atoms with E-state index in [2.05, 4.69) is 38.2 Å². The van der Waals surface area contributed by atoms with Crippen LogP contribution in [-0.2, 0) is 0 Å². The van der Waals surface area contributed by atoms with E-state index in [1.807, 2.05) is 26.0 Å². The van der Waals surface area contributed by atoms with Crippen molar-refractivity contribution in [3.63, 3.8) is 0 Å². The molecule has 0 heterocycles. The minimum absolute atomic E-state index is 0.155. The number of aliphatic hydroxyl groups excluding tert-OH is 3. The van der Waals surface area contributed by atoms with E-state index in [1.54, 1.807) is 0 Å². The SMILES string of the molecule is CCC(O)(C=CC=C[C@@H](C)C1CCC2C(=CC=C3C[C@@H](O)C(=CCO)[C@H](O)C3)CCCC21C)CC. The zero-order chi connectivity index (χ0) is 25.6. The lowest BCUT2D eigenvalue weighted by Gasteiger charge is -2.44. The van der Waals surface area contributed by atoms with Crippen LogP contribution in [0.1, 0.15) is 85.5 Å². The lowest BCUT2D eigenvalue weighted by Crippen LogP contribution is -2.35. The minimum Gasteiger partial charge on any atom is -0.392 e. The Hall–Kier alpha value is -1.46. The number of aliphatic hydroxyl groups is 4. The molecule has 3 saturated carbocycles. The maximum Gasteiger partial charge on any atom is 0.0825 e. The molecule has 0 radical (unpaired) electrons. The van der Waals surface area contributed by atoms with Gasteiger partial charge < -0.3 is 20.4 Å². The molecule has 3 rings (SSSR count). The van der Waals surface area contributed by atoms with Gasteiger partial charge in [-0.3, -0.25) is 0 Å². The van der Waals surface area contributed by atoms with E-state index >= 15 is 0 Å². The Bertz CT molecular complexity index is 843. The van der Waals surface area contributed by atoms with E-state index in [0.717, 1.165) is 24.8 Å². The Balaban J connectivity index is 1.69. The monoisotopic (exact) mass is 484 g/mol. The summed E-state index contributed by atoms with van der Waals surface area (Å²) >= 11 is 0. The zero-order valence-electron chi connectivity index (χ0n) is 22.3. The van der Waals surface area contributed by atoms with E-state index in [1.165, 1.54) is 37.3 Å². The molecule has 0 aromatic rings. The lowest BCUT2D eigenvalue weighted by molar-refractivity contribution is 0.0828. The van der Waals surface area contributed by atoms with E-state index in [4.69, 9.17) is 5.11 Å². The molecular formula is C31H48O4. The summed E-state index contributed by atoms with van der Waals surface area (Å²) in [6.07, 6.45) is 21.5. The highest BCUT2D eigenvalue weighted by molar-refractivity contribution is 5.31. The highest BCUT2D eigenvalue weighted by atomic mass is 16.3. The lowest BCUT2D eigenvalue weighted by atomic mass is 9.61. The van der Waals surface area contributed by atoms with Crippen molar-refractivity contribution in [3.05, 3.63) is 59.3 Å². The molecule has 0 bridgehead atoms. The molecule has 3 unspecified atom stereocenters. The standard InChI is InChI=1S/C31H48O4/c1-5-31(35,6-2)18-8-7-10-22(3)26-14-15-27-24(11-9-17-30(26,27)4)13-12-23-20-28(33)25(16-19-32)29(34)21-23/h7-8,10,12-13,16,18,22,26-29,32-35H,5-6,9,11,14-15,17,19-21H2,1-4H3/t22-,26?,27?,28-,29-,30?/m1/s1. The molecular weight excluding hydrogens is 436 g/mol. The van der Waals surface area contributed by atoms with Crippen LogP contribution < -0.4 is 0 Å². The van der Waals surface area contributed by atoms with Crippen LogP contribution in [0.5, 0.6) is 0 Å². The predicted molar refractivity (Wildman–Crippen MR) is 144 cm³/mol. The molecule has 0 aromatic heterocycles. The summed E-state index contributed by atoms with van der Waals surface area (Å²) in [5, 5.41) is 40.4. The van der Waals surface area contributed by atoms with Crippen LogP contribution in [0.4, 0.5) is 0 Å². The molecule has 3 aliphatic carbocycles. The molecule has 3 fully saturated rings. The van der Waals surface area contributed by atoms with Crippen molar-refractivity contribution in [1.82, 2.24) is 0 Å². The minimum atomic E-state index is -0.713. The van der Waals surface area contributed by atoms with Crippen molar-refractivity contribution in [2.45, 2.75) is 103 Å². The second-order valence-corrected chi connectivity index (χ2v) is 11.4. The maximum atomic E-state index is 10.5. The molecule has 35 heavy (non-hydrogen) atoms. The van der Waals surface area contributed by atoms with Crippen molar-refractivity contribution in [1.29, 1.82) is 0 Å². The first-order valence-corrected chi connectivity index (χ1v) is 13.8. The fourth-order valence-corrected chi connectivity index (χ4v) is 7.01. The topological polar surface area (TPSA) is 80.9 Å². The number of hydrogen-bond donors (Lipinski definition) is 4. The van der Waals surface area contributed by atoms with Crippen LogP contribution in [0, 0.1) is 23.2 Å². The van der Waals surface area contributed by atoms with E-state index in [0.29, 0.717) is 41.6 Å². The van der Waals surface area contributed by atoms with E-state index in [-0.39, 0.29) is 6.61 Å². The van der Waals surface area contributed by atoms with Gasteiger partial charge in [-0.1, -0.05) is 81.4 Å². The second kappa shape index (κ2) is 12.2. The molecule has 0 spiro atoms. The molecule has 4 N–H and O–H groups in total. The first-order chi connectivity index (χ1) is 16.7.